The minimum atomic E-state index is -0.345. The minimum Gasteiger partial charge on any atom is -0.466 e. The highest BCUT2D eigenvalue weighted by Gasteiger charge is 1.89. The van der Waals surface area contributed by atoms with E-state index >= 15 is 0 Å². The second-order valence-electron chi connectivity index (χ2n) is 2.19. The van der Waals surface area contributed by atoms with E-state index in [-0.39, 0.29) is 5.97 Å². The zero-order valence-corrected chi connectivity index (χ0v) is 6.78. The van der Waals surface area contributed by atoms with Crippen molar-refractivity contribution in [2.45, 2.75) is 0 Å². The highest BCUT2D eigenvalue weighted by Crippen LogP contribution is 2.00. The third kappa shape index (κ3) is 2.58. The topological polar surface area (TPSA) is 26.3 Å². The molecule has 0 N–H and O–H groups in total. The van der Waals surface area contributed by atoms with Gasteiger partial charge in [0.05, 0.1) is 7.11 Å². The van der Waals surface area contributed by atoms with Crippen LogP contribution >= 0.6 is 0 Å². The molecule has 61 valence electrons. The first kappa shape index (κ1) is 8.53. The Kier molecular flexibility index (Phi) is 3.08. The Morgan fingerprint density at radius 1 is 1.50 bits per heavy atom. The summed E-state index contributed by atoms with van der Waals surface area (Å²) in [7, 11) is 1.35. The van der Waals surface area contributed by atoms with Crippen molar-refractivity contribution in [2.75, 3.05) is 7.11 Å². The summed E-state index contributed by atoms with van der Waals surface area (Å²) in [5, 5.41) is 0. The summed E-state index contributed by atoms with van der Waals surface area (Å²) in [6.07, 6.45) is 3.08. The van der Waals surface area contributed by atoms with Crippen LogP contribution in [0.25, 0.3) is 6.08 Å². The number of hydrogen-bond donors (Lipinski definition) is 0. The Balaban J connectivity index is 2.64. The van der Waals surface area contributed by atoms with E-state index in [0.29, 0.717) is 0 Å². The third-order valence-electron chi connectivity index (χ3n) is 1.36. The molecular weight excluding hydrogens is 152 g/mol. The summed E-state index contributed by atoms with van der Waals surface area (Å²) in [4.78, 5) is 10.7. The number of ether oxygens (including phenoxy) is 1. The van der Waals surface area contributed by atoms with E-state index in [1.165, 1.54) is 13.2 Å². The van der Waals surface area contributed by atoms with Crippen LogP contribution < -0.4 is 0 Å². The normalized spacial score (nSPS) is 10.1. The van der Waals surface area contributed by atoms with Gasteiger partial charge in [0.2, 0.25) is 0 Å². The van der Waals surface area contributed by atoms with Crippen molar-refractivity contribution >= 4 is 12.0 Å². The molecule has 0 amide bonds. The Hall–Kier alpha value is -1.57. The molecule has 0 saturated heterocycles. The number of carbonyl (C=O) groups is 1. The molecule has 0 aliphatic heterocycles. The van der Waals surface area contributed by atoms with Crippen LogP contribution in [0.3, 0.4) is 0 Å². The quantitative estimate of drug-likeness (QED) is 0.487. The molecule has 1 aromatic rings. The first-order valence-electron chi connectivity index (χ1n) is 3.55. The van der Waals surface area contributed by atoms with Crippen molar-refractivity contribution in [3.63, 3.8) is 0 Å². The third-order valence-corrected chi connectivity index (χ3v) is 1.36. The van der Waals surface area contributed by atoms with E-state index in [9.17, 15) is 4.79 Å². The Bertz CT molecular complexity index is 275. The smallest absolute Gasteiger partial charge is 0.330 e. The van der Waals surface area contributed by atoms with Gasteiger partial charge in [-0.15, -0.1) is 0 Å². The van der Waals surface area contributed by atoms with Gasteiger partial charge in [-0.3, -0.25) is 0 Å². The highest BCUT2D eigenvalue weighted by atomic mass is 16.5. The highest BCUT2D eigenvalue weighted by molar-refractivity contribution is 5.86. The van der Waals surface area contributed by atoms with Crippen molar-refractivity contribution < 1.29 is 9.53 Å². The van der Waals surface area contributed by atoms with Crippen molar-refractivity contribution in [2.24, 2.45) is 0 Å². The molecule has 0 bridgehead atoms. The van der Waals surface area contributed by atoms with E-state index in [0.717, 1.165) is 5.56 Å². The van der Waals surface area contributed by atoms with Crippen LogP contribution in [0.5, 0.6) is 0 Å². The number of esters is 1. The SMILES string of the molecule is COC(=O)C=Cc1cc[c]cc1. The van der Waals surface area contributed by atoms with Crippen LogP contribution in [0.15, 0.2) is 30.3 Å². The van der Waals surface area contributed by atoms with Gasteiger partial charge in [-0.1, -0.05) is 24.3 Å². The van der Waals surface area contributed by atoms with Crippen molar-refractivity contribution in [3.8, 4) is 0 Å². The van der Waals surface area contributed by atoms with E-state index in [1.54, 1.807) is 18.2 Å². The van der Waals surface area contributed by atoms with Gasteiger partial charge in [0.15, 0.2) is 0 Å². The molecule has 0 saturated carbocycles. The van der Waals surface area contributed by atoms with Crippen molar-refractivity contribution in [1.82, 2.24) is 0 Å². The van der Waals surface area contributed by atoms with Crippen LogP contribution in [0.1, 0.15) is 5.56 Å². The molecule has 1 rings (SSSR count). The largest absolute Gasteiger partial charge is 0.466 e. The lowest BCUT2D eigenvalue weighted by molar-refractivity contribution is -0.134. The van der Waals surface area contributed by atoms with Gasteiger partial charge in [0.25, 0.3) is 0 Å². The standard InChI is InChI=1S/C10H9O2/c1-12-10(11)8-7-9-5-3-2-4-6-9/h3-8H,1H3. The van der Waals surface area contributed by atoms with E-state index < -0.39 is 0 Å². The van der Waals surface area contributed by atoms with Gasteiger partial charge >= 0.3 is 5.97 Å². The number of benzene rings is 1. The lowest BCUT2D eigenvalue weighted by Crippen LogP contribution is -1.92. The Morgan fingerprint density at radius 2 is 2.17 bits per heavy atom. The molecule has 0 heterocycles. The van der Waals surface area contributed by atoms with Crippen LogP contribution in [0, 0.1) is 6.07 Å². The van der Waals surface area contributed by atoms with Gasteiger partial charge in [0, 0.05) is 6.08 Å². The van der Waals surface area contributed by atoms with E-state index in [1.807, 2.05) is 12.1 Å². The van der Waals surface area contributed by atoms with Gasteiger partial charge < -0.3 is 4.74 Å². The molecule has 12 heavy (non-hydrogen) atoms. The maximum absolute atomic E-state index is 10.7. The molecule has 0 spiro atoms. The lowest BCUT2D eigenvalue weighted by Gasteiger charge is -1.90. The Labute approximate surface area is 71.5 Å². The summed E-state index contributed by atoms with van der Waals surface area (Å²) < 4.78 is 4.44. The average molecular weight is 161 g/mol. The summed E-state index contributed by atoms with van der Waals surface area (Å²) >= 11 is 0. The molecule has 0 aliphatic rings. The number of carbonyl (C=O) groups excluding carboxylic acids is 1. The zero-order valence-electron chi connectivity index (χ0n) is 6.78. The van der Waals surface area contributed by atoms with Crippen LogP contribution in [-0.2, 0) is 9.53 Å². The summed E-state index contributed by atoms with van der Waals surface area (Å²) in [6, 6.07) is 10.2. The average Bonchev–Trinajstić information content (AvgIpc) is 2.16. The van der Waals surface area contributed by atoms with Crippen LogP contribution in [0.2, 0.25) is 0 Å². The van der Waals surface area contributed by atoms with Gasteiger partial charge in [-0.25, -0.2) is 4.79 Å². The summed E-state index contributed by atoms with van der Waals surface area (Å²) in [5.74, 6) is -0.345. The molecular formula is C10H9O2. The molecule has 0 unspecified atom stereocenters. The van der Waals surface area contributed by atoms with Gasteiger partial charge in [-0.05, 0) is 17.7 Å². The maximum Gasteiger partial charge on any atom is 0.330 e. The van der Waals surface area contributed by atoms with Crippen molar-refractivity contribution in [3.05, 3.63) is 42.0 Å². The number of hydrogen-bond acceptors (Lipinski definition) is 2. The van der Waals surface area contributed by atoms with E-state index in [2.05, 4.69) is 10.8 Å². The number of rotatable bonds is 2. The molecule has 2 nitrogen and oxygen atoms in total. The molecule has 1 radical (unpaired) electrons. The maximum atomic E-state index is 10.7. The second kappa shape index (κ2) is 4.34. The predicted octanol–water partition coefficient (Wildman–Crippen LogP) is 1.67. The molecule has 0 fully saturated rings. The zero-order chi connectivity index (χ0) is 8.81. The van der Waals surface area contributed by atoms with Crippen LogP contribution in [-0.4, -0.2) is 13.1 Å². The summed E-state index contributed by atoms with van der Waals surface area (Å²) in [5.41, 5.74) is 0.958. The Morgan fingerprint density at radius 3 is 2.75 bits per heavy atom. The molecule has 0 atom stereocenters. The van der Waals surface area contributed by atoms with Gasteiger partial charge in [-0.2, -0.15) is 0 Å². The molecule has 0 aromatic heterocycles. The second-order valence-corrected chi connectivity index (χ2v) is 2.19. The molecule has 1 aromatic carbocycles. The first-order valence-corrected chi connectivity index (χ1v) is 3.55. The van der Waals surface area contributed by atoms with Crippen LogP contribution in [0.4, 0.5) is 0 Å². The minimum absolute atomic E-state index is 0.345. The fourth-order valence-corrected chi connectivity index (χ4v) is 0.743. The fourth-order valence-electron chi connectivity index (χ4n) is 0.743. The van der Waals surface area contributed by atoms with E-state index in [4.69, 9.17) is 0 Å². The number of methoxy groups -OCH3 is 1. The summed E-state index contributed by atoms with van der Waals surface area (Å²) in [6.45, 7) is 0. The first-order chi connectivity index (χ1) is 5.83. The monoisotopic (exact) mass is 161 g/mol. The van der Waals surface area contributed by atoms with Gasteiger partial charge in [0.1, 0.15) is 0 Å². The van der Waals surface area contributed by atoms with Crippen molar-refractivity contribution in [1.29, 1.82) is 0 Å². The predicted molar refractivity (Wildman–Crippen MR) is 46.3 cm³/mol. The lowest BCUT2D eigenvalue weighted by atomic mass is 10.2. The molecule has 0 aliphatic carbocycles. The fraction of sp³-hybridized carbons (Fsp3) is 0.100. The molecule has 2 heteroatoms.